The standard InChI is InChI=1S/2C5H5Se.Ru/c2*6-5-3-1-2-4-5;/h2*1-4,6H;. The molecule has 3 heteroatoms. The second kappa shape index (κ2) is 8.93. The molecule has 0 saturated heterocycles. The van der Waals surface area contributed by atoms with Crippen LogP contribution >= 0.6 is 0 Å². The molecular formula is C10H10RuSe2. The minimum atomic E-state index is 0. The molecule has 2 aliphatic carbocycles. The quantitative estimate of drug-likeness (QED) is 0.530. The van der Waals surface area contributed by atoms with E-state index in [4.69, 9.17) is 0 Å². The van der Waals surface area contributed by atoms with E-state index in [-0.39, 0.29) is 19.5 Å². The first-order chi connectivity index (χ1) is 5.79. The monoisotopic (exact) mass is 392 g/mol. The zero-order valence-corrected chi connectivity index (χ0v) is 12.4. The fourth-order valence-electron chi connectivity index (χ4n) is 0.728. The molecule has 0 aromatic rings. The van der Waals surface area contributed by atoms with Gasteiger partial charge >= 0.3 is 93.0 Å². The normalized spacial score (nSPS) is 23.5. The zero-order chi connectivity index (χ0) is 8.81. The molecule has 10 radical (unpaired) electrons. The third-order valence-electron chi connectivity index (χ3n) is 1.29. The number of rotatable bonds is 0. The molecule has 0 amide bonds. The van der Waals surface area contributed by atoms with Crippen molar-refractivity contribution in [2.75, 3.05) is 0 Å². The Hall–Kier alpha value is 1.66. The molecule has 0 unspecified atom stereocenters. The van der Waals surface area contributed by atoms with Gasteiger partial charge in [-0.2, -0.15) is 0 Å². The number of hydrogen-bond acceptors (Lipinski definition) is 0. The first kappa shape index (κ1) is 14.7. The SMILES string of the molecule is [Ru].[SeH][C]1[CH][CH][CH][CH]1.[SeH][C]1[CH][CH][CH][CH]1. The Morgan fingerprint density at radius 3 is 0.923 bits per heavy atom. The van der Waals surface area contributed by atoms with E-state index < -0.39 is 0 Å². The van der Waals surface area contributed by atoms with Crippen LogP contribution in [-0.2, 0) is 19.5 Å². The van der Waals surface area contributed by atoms with Crippen molar-refractivity contribution in [2.45, 2.75) is 0 Å². The summed E-state index contributed by atoms with van der Waals surface area (Å²) in [6.45, 7) is 0. The van der Waals surface area contributed by atoms with E-state index in [0.29, 0.717) is 0 Å². The van der Waals surface area contributed by atoms with Crippen LogP contribution in [0.4, 0.5) is 0 Å². The van der Waals surface area contributed by atoms with Crippen LogP contribution in [0.1, 0.15) is 0 Å². The molecule has 2 rings (SSSR count). The summed E-state index contributed by atoms with van der Waals surface area (Å²) >= 11 is 4.97. The summed E-state index contributed by atoms with van der Waals surface area (Å²) in [5.74, 6) is 0. The molecule has 0 aromatic heterocycles. The van der Waals surface area contributed by atoms with Gasteiger partial charge in [-0.15, -0.1) is 0 Å². The third-order valence-corrected chi connectivity index (χ3v) is 2.54. The van der Waals surface area contributed by atoms with Crippen LogP contribution in [-0.4, -0.2) is 32.0 Å². The van der Waals surface area contributed by atoms with Crippen molar-refractivity contribution < 1.29 is 19.5 Å². The van der Waals surface area contributed by atoms with Crippen LogP contribution in [0.2, 0.25) is 0 Å². The molecular weight excluding hydrogens is 379 g/mol. The average molecular weight is 389 g/mol. The van der Waals surface area contributed by atoms with Crippen LogP contribution in [0.3, 0.4) is 0 Å². The summed E-state index contributed by atoms with van der Waals surface area (Å²) < 4.78 is 0. The van der Waals surface area contributed by atoms with Crippen LogP contribution in [0.15, 0.2) is 0 Å². The molecule has 0 atom stereocenters. The molecule has 0 heterocycles. The average Bonchev–Trinajstić information content (AvgIpc) is 2.63. The summed E-state index contributed by atoms with van der Waals surface area (Å²) in [4.78, 5) is 2.56. The Balaban J connectivity index is 0.000000206. The van der Waals surface area contributed by atoms with Gasteiger partial charge in [0.15, 0.2) is 0 Å². The molecule has 0 aromatic carbocycles. The fourth-order valence-corrected chi connectivity index (χ4v) is 1.45. The summed E-state index contributed by atoms with van der Waals surface area (Å²) in [6, 6.07) is 0. The molecule has 0 N–H and O–H groups in total. The second-order valence-corrected chi connectivity index (χ2v) is 4.45. The molecule has 13 heavy (non-hydrogen) atoms. The summed E-state index contributed by atoms with van der Waals surface area (Å²) in [5.41, 5.74) is 0. The third kappa shape index (κ3) is 7.58. The molecule has 2 saturated carbocycles. The van der Waals surface area contributed by atoms with Gasteiger partial charge in [0.25, 0.3) is 0 Å². The van der Waals surface area contributed by atoms with E-state index in [9.17, 15) is 0 Å². The first-order valence-corrected chi connectivity index (χ1v) is 5.48. The van der Waals surface area contributed by atoms with Crippen molar-refractivity contribution in [3.8, 4) is 0 Å². The van der Waals surface area contributed by atoms with Crippen LogP contribution in [0.25, 0.3) is 0 Å². The minimum absolute atomic E-state index is 0. The second-order valence-electron chi connectivity index (χ2n) is 2.29. The van der Waals surface area contributed by atoms with Crippen molar-refractivity contribution >= 4 is 32.0 Å². The van der Waals surface area contributed by atoms with Gasteiger partial charge in [0, 0.05) is 19.5 Å². The first-order valence-electron chi connectivity index (χ1n) is 3.60. The van der Waals surface area contributed by atoms with Crippen LogP contribution in [0, 0.1) is 61.0 Å². The van der Waals surface area contributed by atoms with Crippen molar-refractivity contribution in [2.24, 2.45) is 0 Å². The molecule has 0 spiro atoms. The Morgan fingerprint density at radius 1 is 0.615 bits per heavy atom. The molecule has 0 nitrogen and oxygen atoms in total. The van der Waals surface area contributed by atoms with Gasteiger partial charge in [0.2, 0.25) is 0 Å². The summed E-state index contributed by atoms with van der Waals surface area (Å²) in [7, 11) is 0. The Kier molecular flexibility index (Phi) is 10.1. The zero-order valence-electron chi connectivity index (χ0n) is 6.87. The Labute approximate surface area is 112 Å². The van der Waals surface area contributed by atoms with E-state index in [1.54, 1.807) is 0 Å². The predicted molar refractivity (Wildman–Crippen MR) is 55.2 cm³/mol. The van der Waals surface area contributed by atoms with Crippen LogP contribution in [0.5, 0.6) is 0 Å². The van der Waals surface area contributed by atoms with Crippen LogP contribution < -0.4 is 0 Å². The van der Waals surface area contributed by atoms with Crippen molar-refractivity contribution in [3.05, 3.63) is 61.0 Å². The Morgan fingerprint density at radius 2 is 0.846 bits per heavy atom. The maximum absolute atomic E-state index is 2.48. The Bertz CT molecular complexity index is 93.5. The fraction of sp³-hybridized carbons (Fsp3) is 0. The maximum atomic E-state index is 2.48. The molecule has 2 fully saturated rings. The number of hydrogen-bond donors (Lipinski definition) is 0. The van der Waals surface area contributed by atoms with Gasteiger partial charge in [0.1, 0.15) is 0 Å². The van der Waals surface area contributed by atoms with Gasteiger partial charge < -0.3 is 0 Å². The molecule has 70 valence electrons. The molecule has 0 bridgehead atoms. The van der Waals surface area contributed by atoms with E-state index in [1.807, 2.05) is 25.7 Å². The van der Waals surface area contributed by atoms with Crippen molar-refractivity contribution in [3.63, 3.8) is 0 Å². The summed E-state index contributed by atoms with van der Waals surface area (Å²) in [5, 5.41) is 0. The molecule has 2 aliphatic rings. The van der Waals surface area contributed by atoms with Gasteiger partial charge in [-0.1, -0.05) is 0 Å². The van der Waals surface area contributed by atoms with E-state index in [1.165, 1.54) is 9.63 Å². The summed E-state index contributed by atoms with van der Waals surface area (Å²) in [6.07, 6.45) is 16.3. The van der Waals surface area contributed by atoms with Crippen molar-refractivity contribution in [1.82, 2.24) is 0 Å². The van der Waals surface area contributed by atoms with E-state index in [0.717, 1.165) is 0 Å². The van der Waals surface area contributed by atoms with E-state index in [2.05, 4.69) is 57.7 Å². The van der Waals surface area contributed by atoms with Gasteiger partial charge in [0.05, 0.1) is 0 Å². The predicted octanol–water partition coefficient (Wildman–Crippen LogP) is 0.497. The van der Waals surface area contributed by atoms with Crippen molar-refractivity contribution in [1.29, 1.82) is 0 Å². The molecule has 0 aliphatic heterocycles. The topological polar surface area (TPSA) is 0 Å². The van der Waals surface area contributed by atoms with Gasteiger partial charge in [-0.05, 0) is 0 Å². The van der Waals surface area contributed by atoms with Gasteiger partial charge in [-0.25, -0.2) is 0 Å². The van der Waals surface area contributed by atoms with Gasteiger partial charge in [-0.3, -0.25) is 0 Å². The van der Waals surface area contributed by atoms with E-state index >= 15 is 0 Å².